The van der Waals surface area contributed by atoms with E-state index in [1.165, 1.54) is 0 Å². The highest BCUT2D eigenvalue weighted by Crippen LogP contribution is 2.26. The fraction of sp³-hybridized carbons (Fsp3) is 1.00. The zero-order valence-corrected chi connectivity index (χ0v) is 7.85. The molecule has 0 unspecified atom stereocenters. The fourth-order valence-electron chi connectivity index (χ4n) is 1.01. The summed E-state index contributed by atoms with van der Waals surface area (Å²) in [5, 5.41) is -0.240. The molecular weight excluding hydrogens is 178 g/mol. The Hall–Kier alpha value is -0.130. The van der Waals surface area contributed by atoms with E-state index in [2.05, 4.69) is 0 Å². The van der Waals surface area contributed by atoms with E-state index in [0.717, 1.165) is 19.3 Å². The minimum atomic E-state index is -3.25. The summed E-state index contributed by atoms with van der Waals surface area (Å²) < 4.78 is 27.2. The van der Waals surface area contributed by atoms with Crippen molar-refractivity contribution in [3.05, 3.63) is 0 Å². The molecule has 0 aliphatic heterocycles. The van der Waals surface area contributed by atoms with Gasteiger partial charge in [-0.2, -0.15) is 8.42 Å². The molecule has 0 aromatic heterocycles. The summed E-state index contributed by atoms with van der Waals surface area (Å²) in [6.07, 6.45) is 3.12. The maximum absolute atomic E-state index is 11.2. The Kier molecular flexibility index (Phi) is 3.49. The number of nitrogens with two attached hydrogens (primary N) is 1. The van der Waals surface area contributed by atoms with E-state index in [0.29, 0.717) is 13.0 Å². The molecule has 0 bridgehead atoms. The second kappa shape index (κ2) is 4.20. The van der Waals surface area contributed by atoms with E-state index in [9.17, 15) is 8.42 Å². The zero-order chi connectivity index (χ0) is 9.03. The summed E-state index contributed by atoms with van der Waals surface area (Å²) in [5.41, 5.74) is 5.21. The molecule has 0 saturated heterocycles. The monoisotopic (exact) mass is 193 g/mol. The summed E-state index contributed by atoms with van der Waals surface area (Å²) in [5.74, 6) is 0. The molecule has 0 amide bonds. The van der Waals surface area contributed by atoms with Crippen molar-refractivity contribution in [3.8, 4) is 0 Å². The van der Waals surface area contributed by atoms with Gasteiger partial charge in [0.1, 0.15) is 0 Å². The molecule has 0 aromatic rings. The molecular formula is C7H15NO3S. The molecule has 0 radical (unpaired) electrons. The molecule has 0 heterocycles. The average Bonchev–Trinajstić information content (AvgIpc) is 1.82. The van der Waals surface area contributed by atoms with Crippen LogP contribution in [0.1, 0.15) is 25.7 Å². The van der Waals surface area contributed by atoms with Gasteiger partial charge in [0.15, 0.2) is 0 Å². The van der Waals surface area contributed by atoms with Crippen LogP contribution >= 0.6 is 0 Å². The molecule has 0 aromatic carbocycles. The van der Waals surface area contributed by atoms with E-state index in [1.807, 2.05) is 0 Å². The van der Waals surface area contributed by atoms with E-state index < -0.39 is 10.1 Å². The van der Waals surface area contributed by atoms with Gasteiger partial charge in [-0.05, 0) is 25.8 Å². The van der Waals surface area contributed by atoms with Crippen LogP contribution in [0.5, 0.6) is 0 Å². The Bertz CT molecular complexity index is 221. The van der Waals surface area contributed by atoms with Gasteiger partial charge in [-0.3, -0.25) is 4.18 Å². The Morgan fingerprint density at radius 1 is 1.42 bits per heavy atom. The Labute approximate surface area is 73.2 Å². The van der Waals surface area contributed by atoms with Gasteiger partial charge in [0, 0.05) is 0 Å². The molecule has 0 spiro atoms. The Morgan fingerprint density at radius 2 is 2.08 bits per heavy atom. The van der Waals surface area contributed by atoms with E-state index in [1.54, 1.807) is 0 Å². The van der Waals surface area contributed by atoms with Gasteiger partial charge in [-0.25, -0.2) is 0 Å². The van der Waals surface area contributed by atoms with Crippen LogP contribution < -0.4 is 5.73 Å². The molecule has 1 saturated carbocycles. The summed E-state index contributed by atoms with van der Waals surface area (Å²) in [4.78, 5) is 0. The summed E-state index contributed by atoms with van der Waals surface area (Å²) in [6.45, 7) is 0.704. The van der Waals surface area contributed by atoms with Crippen molar-refractivity contribution < 1.29 is 12.6 Å². The molecule has 1 fully saturated rings. The lowest BCUT2D eigenvalue weighted by molar-refractivity contribution is 0.295. The third-order valence-corrected chi connectivity index (χ3v) is 3.84. The van der Waals surface area contributed by atoms with Gasteiger partial charge in [-0.1, -0.05) is 6.42 Å². The molecule has 1 aliphatic rings. The maximum atomic E-state index is 11.2. The van der Waals surface area contributed by atoms with Crippen LogP contribution in [0.4, 0.5) is 0 Å². The largest absolute Gasteiger partial charge is 0.330 e. The van der Waals surface area contributed by atoms with Crippen molar-refractivity contribution in [2.75, 3.05) is 13.2 Å². The molecule has 2 N–H and O–H groups in total. The lowest BCUT2D eigenvalue weighted by Crippen LogP contribution is -2.30. The molecule has 1 rings (SSSR count). The molecule has 72 valence electrons. The topological polar surface area (TPSA) is 69.4 Å². The van der Waals surface area contributed by atoms with Crippen molar-refractivity contribution in [3.63, 3.8) is 0 Å². The van der Waals surface area contributed by atoms with Crippen molar-refractivity contribution >= 4 is 10.1 Å². The highest BCUT2D eigenvalue weighted by molar-refractivity contribution is 7.87. The third-order valence-electron chi connectivity index (χ3n) is 2.06. The minimum Gasteiger partial charge on any atom is -0.330 e. The van der Waals surface area contributed by atoms with Crippen LogP contribution in [-0.4, -0.2) is 26.8 Å². The van der Waals surface area contributed by atoms with E-state index >= 15 is 0 Å². The van der Waals surface area contributed by atoms with Gasteiger partial charge < -0.3 is 5.73 Å². The first-order valence-electron chi connectivity index (χ1n) is 4.25. The van der Waals surface area contributed by atoms with Gasteiger partial charge in [0.2, 0.25) is 0 Å². The zero-order valence-electron chi connectivity index (χ0n) is 7.03. The van der Waals surface area contributed by atoms with Crippen molar-refractivity contribution in [2.24, 2.45) is 5.73 Å². The molecule has 1 aliphatic carbocycles. The second-order valence-corrected chi connectivity index (χ2v) is 4.90. The van der Waals surface area contributed by atoms with Crippen LogP contribution in [0.15, 0.2) is 0 Å². The Morgan fingerprint density at radius 3 is 2.50 bits per heavy atom. The van der Waals surface area contributed by atoms with Crippen LogP contribution in [0, 0.1) is 0 Å². The molecule has 5 heteroatoms. The van der Waals surface area contributed by atoms with Gasteiger partial charge in [-0.15, -0.1) is 0 Å². The van der Waals surface area contributed by atoms with Crippen LogP contribution in [-0.2, 0) is 14.3 Å². The predicted octanol–water partition coefficient (Wildman–Crippen LogP) is 0.234. The molecule has 0 atom stereocenters. The summed E-state index contributed by atoms with van der Waals surface area (Å²) >= 11 is 0. The first-order chi connectivity index (χ1) is 5.67. The number of hydrogen-bond acceptors (Lipinski definition) is 4. The summed E-state index contributed by atoms with van der Waals surface area (Å²) in [7, 11) is -3.25. The van der Waals surface area contributed by atoms with E-state index in [4.69, 9.17) is 9.92 Å². The molecule has 12 heavy (non-hydrogen) atoms. The number of hydrogen-bond donors (Lipinski definition) is 1. The minimum absolute atomic E-state index is 0.231. The quantitative estimate of drug-likeness (QED) is 0.501. The van der Waals surface area contributed by atoms with Crippen molar-refractivity contribution in [2.45, 2.75) is 30.9 Å². The van der Waals surface area contributed by atoms with Crippen molar-refractivity contribution in [1.29, 1.82) is 0 Å². The van der Waals surface area contributed by atoms with Crippen molar-refractivity contribution in [1.82, 2.24) is 0 Å². The van der Waals surface area contributed by atoms with Crippen LogP contribution in [0.2, 0.25) is 0 Å². The SMILES string of the molecule is NCCCOS(=O)(=O)C1CCC1. The first kappa shape index (κ1) is 9.95. The highest BCUT2D eigenvalue weighted by atomic mass is 32.2. The van der Waals surface area contributed by atoms with E-state index in [-0.39, 0.29) is 11.9 Å². The van der Waals surface area contributed by atoms with Gasteiger partial charge in [0.05, 0.1) is 11.9 Å². The predicted molar refractivity (Wildman–Crippen MR) is 46.2 cm³/mol. The van der Waals surface area contributed by atoms with Gasteiger partial charge >= 0.3 is 0 Å². The normalized spacial score (nSPS) is 19.1. The second-order valence-electron chi connectivity index (χ2n) is 3.01. The molecule has 4 nitrogen and oxygen atoms in total. The highest BCUT2D eigenvalue weighted by Gasteiger charge is 2.31. The maximum Gasteiger partial charge on any atom is 0.270 e. The number of rotatable bonds is 5. The average molecular weight is 193 g/mol. The lowest BCUT2D eigenvalue weighted by Gasteiger charge is -2.24. The van der Waals surface area contributed by atoms with Crippen LogP contribution in [0.25, 0.3) is 0 Å². The standard InChI is InChI=1S/C7H15NO3S/c8-5-2-6-11-12(9,10)7-3-1-4-7/h7H,1-6,8H2. The van der Waals surface area contributed by atoms with Gasteiger partial charge in [0.25, 0.3) is 10.1 Å². The summed E-state index contributed by atoms with van der Waals surface area (Å²) in [6, 6.07) is 0. The Balaban J connectivity index is 2.28. The smallest absolute Gasteiger partial charge is 0.270 e. The fourth-order valence-corrected chi connectivity index (χ4v) is 2.47. The lowest BCUT2D eigenvalue weighted by atomic mass is 10.0. The first-order valence-corrected chi connectivity index (χ1v) is 5.72. The third kappa shape index (κ3) is 2.43. The van der Waals surface area contributed by atoms with Crippen LogP contribution in [0.3, 0.4) is 0 Å².